The Morgan fingerprint density at radius 1 is 0.560 bits per heavy atom. The number of nitrogen functional groups attached to an aromatic ring is 4. The Morgan fingerprint density at radius 3 is 1.12 bits per heavy atom. The number of alkyl halides is 6. The Morgan fingerprint density at radius 2 is 0.880 bits per heavy atom. The highest BCUT2D eigenvalue weighted by molar-refractivity contribution is 5.68. The van der Waals surface area contributed by atoms with Gasteiger partial charge >= 0.3 is 12.4 Å². The number of rotatable bonds is 2. The summed E-state index contributed by atoms with van der Waals surface area (Å²) in [6.07, 6.45) is -11.6. The normalized spacial score (nSPS) is 13.0. The van der Waals surface area contributed by atoms with Crippen LogP contribution in [0, 0.1) is 0 Å². The van der Waals surface area contributed by atoms with Crippen molar-refractivity contribution >= 4 is 22.7 Å². The average Bonchev–Trinajstić information content (AvgIpc) is 2.40. The van der Waals surface area contributed by atoms with Crippen LogP contribution in [0.25, 0.3) is 0 Å². The predicted molar refractivity (Wildman–Crippen MR) is 83.4 cm³/mol. The molecule has 0 aliphatic heterocycles. The van der Waals surface area contributed by atoms with E-state index in [1.54, 1.807) is 0 Å². The van der Waals surface area contributed by atoms with Gasteiger partial charge in [0.1, 0.15) is 0 Å². The molecular formula is C15H14F6N4. The molecule has 136 valence electrons. The van der Waals surface area contributed by atoms with E-state index < -0.39 is 40.3 Å². The predicted octanol–water partition coefficient (Wildman–Crippen LogP) is 3.43. The minimum absolute atomic E-state index is 0.0789. The molecule has 0 atom stereocenters. The summed E-state index contributed by atoms with van der Waals surface area (Å²) in [5.74, 6) is 0. The van der Waals surface area contributed by atoms with Crippen LogP contribution in [0.3, 0.4) is 0 Å². The van der Waals surface area contributed by atoms with Crippen molar-refractivity contribution in [3.63, 3.8) is 0 Å². The summed E-state index contributed by atoms with van der Waals surface area (Å²) in [5.41, 5.74) is 13.2. The third-order valence-corrected chi connectivity index (χ3v) is 3.81. The van der Waals surface area contributed by atoms with Crippen LogP contribution in [-0.4, -0.2) is 12.4 Å². The van der Waals surface area contributed by atoms with Crippen molar-refractivity contribution in [1.29, 1.82) is 0 Å². The molecule has 10 heteroatoms. The van der Waals surface area contributed by atoms with Crippen molar-refractivity contribution in [3.05, 3.63) is 47.5 Å². The van der Waals surface area contributed by atoms with E-state index in [-0.39, 0.29) is 11.4 Å². The van der Waals surface area contributed by atoms with E-state index in [1.807, 2.05) is 0 Å². The molecule has 0 aromatic heterocycles. The number of anilines is 4. The zero-order valence-corrected chi connectivity index (χ0v) is 12.5. The number of benzene rings is 2. The van der Waals surface area contributed by atoms with Gasteiger partial charge in [-0.2, -0.15) is 26.3 Å². The van der Waals surface area contributed by atoms with E-state index in [1.165, 1.54) is 0 Å². The second-order valence-electron chi connectivity index (χ2n) is 5.44. The van der Waals surface area contributed by atoms with Crippen molar-refractivity contribution < 1.29 is 26.3 Å². The number of hydrogen-bond acceptors (Lipinski definition) is 4. The lowest BCUT2D eigenvalue weighted by atomic mass is 9.71. The summed E-state index contributed by atoms with van der Waals surface area (Å²) >= 11 is 0. The third kappa shape index (κ3) is 2.77. The topological polar surface area (TPSA) is 104 Å². The third-order valence-electron chi connectivity index (χ3n) is 3.81. The molecule has 0 aliphatic rings. The first-order chi connectivity index (χ1) is 11.3. The van der Waals surface area contributed by atoms with Crippen LogP contribution in [0.15, 0.2) is 36.4 Å². The molecular weight excluding hydrogens is 350 g/mol. The smallest absolute Gasteiger partial charge is 0.399 e. The molecule has 2 aromatic rings. The van der Waals surface area contributed by atoms with Gasteiger partial charge in [0.05, 0.1) is 0 Å². The highest BCUT2D eigenvalue weighted by Crippen LogP contribution is 2.58. The first-order valence-corrected chi connectivity index (χ1v) is 6.76. The summed E-state index contributed by atoms with van der Waals surface area (Å²) in [4.78, 5) is 0. The molecule has 8 N–H and O–H groups in total. The van der Waals surface area contributed by atoms with Crippen molar-refractivity contribution in [3.8, 4) is 0 Å². The zero-order chi connectivity index (χ0) is 19.2. The van der Waals surface area contributed by atoms with Gasteiger partial charge in [0.15, 0.2) is 0 Å². The summed E-state index contributed by atoms with van der Waals surface area (Å²) in [6.45, 7) is 0. The lowest BCUT2D eigenvalue weighted by Crippen LogP contribution is -2.55. The minimum Gasteiger partial charge on any atom is -0.399 e. The maximum atomic E-state index is 13.9. The van der Waals surface area contributed by atoms with E-state index in [9.17, 15) is 26.3 Å². The molecule has 0 unspecified atom stereocenters. The van der Waals surface area contributed by atoms with Gasteiger partial charge in [0.25, 0.3) is 0 Å². The lowest BCUT2D eigenvalue weighted by Gasteiger charge is -2.39. The van der Waals surface area contributed by atoms with Crippen LogP contribution in [0.4, 0.5) is 49.1 Å². The largest absolute Gasteiger partial charge is 0.411 e. The second-order valence-corrected chi connectivity index (χ2v) is 5.44. The average molecular weight is 364 g/mol. The molecule has 25 heavy (non-hydrogen) atoms. The van der Waals surface area contributed by atoms with Crippen molar-refractivity contribution in [2.75, 3.05) is 22.9 Å². The molecule has 2 aromatic carbocycles. The van der Waals surface area contributed by atoms with Crippen LogP contribution in [-0.2, 0) is 5.41 Å². The SMILES string of the molecule is Nc1ccc(C(c2ccc(N)cc2N)(C(F)(F)F)C(F)(F)F)c(N)c1. The molecule has 0 amide bonds. The maximum absolute atomic E-state index is 13.9. The molecule has 0 heterocycles. The molecule has 0 aliphatic carbocycles. The Kier molecular flexibility index (Phi) is 4.19. The lowest BCUT2D eigenvalue weighted by molar-refractivity contribution is -0.288. The maximum Gasteiger partial charge on any atom is 0.411 e. The van der Waals surface area contributed by atoms with Gasteiger partial charge in [-0.05, 0) is 24.3 Å². The Bertz CT molecular complexity index is 730. The minimum atomic E-state index is -5.79. The van der Waals surface area contributed by atoms with Crippen LogP contribution in [0.2, 0.25) is 0 Å². The van der Waals surface area contributed by atoms with Gasteiger partial charge in [-0.25, -0.2) is 0 Å². The van der Waals surface area contributed by atoms with Crippen LogP contribution in [0.1, 0.15) is 11.1 Å². The molecule has 2 rings (SSSR count). The highest BCUT2D eigenvalue weighted by atomic mass is 19.4. The van der Waals surface area contributed by atoms with Gasteiger partial charge in [0.2, 0.25) is 5.41 Å². The van der Waals surface area contributed by atoms with E-state index >= 15 is 0 Å². The molecule has 0 fully saturated rings. The van der Waals surface area contributed by atoms with Crippen LogP contribution < -0.4 is 22.9 Å². The molecule has 4 nitrogen and oxygen atoms in total. The summed E-state index contributed by atoms with van der Waals surface area (Å²) in [5, 5.41) is 0. The fraction of sp³-hybridized carbons (Fsp3) is 0.200. The summed E-state index contributed by atoms with van der Waals surface area (Å²) in [6, 6.07) is 4.67. The molecule has 0 saturated carbocycles. The van der Waals surface area contributed by atoms with E-state index in [0.717, 1.165) is 24.3 Å². The molecule has 0 spiro atoms. The van der Waals surface area contributed by atoms with Gasteiger partial charge in [-0.15, -0.1) is 0 Å². The van der Waals surface area contributed by atoms with Crippen LogP contribution in [0.5, 0.6) is 0 Å². The van der Waals surface area contributed by atoms with E-state index in [0.29, 0.717) is 12.1 Å². The first-order valence-electron chi connectivity index (χ1n) is 6.76. The van der Waals surface area contributed by atoms with Crippen LogP contribution >= 0.6 is 0 Å². The molecule has 0 saturated heterocycles. The Balaban J connectivity index is 3.02. The van der Waals surface area contributed by atoms with E-state index in [4.69, 9.17) is 22.9 Å². The number of nitrogens with two attached hydrogens (primary N) is 4. The molecule has 0 bridgehead atoms. The number of hydrogen-bond donors (Lipinski definition) is 4. The fourth-order valence-electron chi connectivity index (χ4n) is 2.76. The summed E-state index contributed by atoms with van der Waals surface area (Å²) < 4.78 is 83.5. The van der Waals surface area contributed by atoms with Crippen molar-refractivity contribution in [2.45, 2.75) is 17.8 Å². The summed E-state index contributed by atoms with van der Waals surface area (Å²) in [7, 11) is 0. The van der Waals surface area contributed by atoms with Gasteiger partial charge in [-0.1, -0.05) is 12.1 Å². The van der Waals surface area contributed by atoms with Gasteiger partial charge in [-0.3, -0.25) is 0 Å². The van der Waals surface area contributed by atoms with Gasteiger partial charge < -0.3 is 22.9 Å². The Hall–Kier alpha value is -2.78. The monoisotopic (exact) mass is 364 g/mol. The number of halogens is 6. The van der Waals surface area contributed by atoms with E-state index in [2.05, 4.69) is 0 Å². The Labute approximate surface area is 138 Å². The quantitative estimate of drug-likeness (QED) is 0.484. The fourth-order valence-corrected chi connectivity index (χ4v) is 2.76. The van der Waals surface area contributed by atoms with Crippen molar-refractivity contribution in [2.24, 2.45) is 0 Å². The van der Waals surface area contributed by atoms with Crippen molar-refractivity contribution in [1.82, 2.24) is 0 Å². The first kappa shape index (κ1) is 18.6. The highest BCUT2D eigenvalue weighted by Gasteiger charge is 2.73. The standard InChI is InChI=1S/C15H14F6N4/c16-14(17,18)13(15(19,20)21,9-3-1-7(22)5-11(9)24)10-4-2-8(23)6-12(10)25/h1-6H,22-25H2. The zero-order valence-electron chi connectivity index (χ0n) is 12.5. The van der Waals surface area contributed by atoms with Gasteiger partial charge in [0, 0.05) is 33.9 Å². The second kappa shape index (κ2) is 5.64. The molecule has 0 radical (unpaired) electrons.